The number of hydrogen-bond acceptors (Lipinski definition) is 4. The minimum Gasteiger partial charge on any atom is -0.393 e. The van der Waals surface area contributed by atoms with Gasteiger partial charge in [0.1, 0.15) is 0 Å². The van der Waals surface area contributed by atoms with E-state index in [0.29, 0.717) is 23.7 Å². The number of fused-ring (bicyclic) bond motifs is 5. The molecule has 0 bridgehead atoms. The maximum atomic E-state index is 12.7. The van der Waals surface area contributed by atoms with Crippen LogP contribution < -0.4 is 4.72 Å². The number of carbonyl (C=O) groups is 1. The number of nitrogens with one attached hydrogen (secondary N) is 1. The molecule has 0 aromatic heterocycles. The lowest BCUT2D eigenvalue weighted by Gasteiger charge is -2.63. The fourth-order valence-electron chi connectivity index (χ4n) is 10.5. The molecule has 2 N–H and O–H groups in total. The molecule has 1 aromatic carbocycles. The van der Waals surface area contributed by atoms with Gasteiger partial charge in [0.15, 0.2) is 0 Å². The second kappa shape index (κ2) is 10.5. The van der Waals surface area contributed by atoms with Crippen molar-refractivity contribution in [2.45, 2.75) is 109 Å². The number of carbonyl (C=O) groups excluding carboxylic acids is 1. The van der Waals surface area contributed by atoms with E-state index in [1.165, 1.54) is 63.5 Å². The highest BCUT2D eigenvalue weighted by Gasteiger charge is 2.63. The van der Waals surface area contributed by atoms with Gasteiger partial charge in [-0.15, -0.1) is 0 Å². The smallest absolute Gasteiger partial charge is 0.264 e. The summed E-state index contributed by atoms with van der Waals surface area (Å²) in [6.45, 7) is 9.61. The number of rotatable bonds is 7. The first kappa shape index (κ1) is 28.1. The van der Waals surface area contributed by atoms with Gasteiger partial charge in [0.05, 0.1) is 11.0 Å². The number of sulfonamides is 1. The molecule has 1 amide bonds. The average Bonchev–Trinajstić information content (AvgIpc) is 3.17. The van der Waals surface area contributed by atoms with Crippen LogP contribution in [0.1, 0.15) is 98.3 Å². The summed E-state index contributed by atoms with van der Waals surface area (Å²) in [7, 11) is -3.85. The van der Waals surface area contributed by atoms with Crippen molar-refractivity contribution in [1.82, 2.24) is 4.72 Å². The fraction of sp³-hybridized carbons (Fsp3) is 0.781. The van der Waals surface area contributed by atoms with Gasteiger partial charge in [-0.25, -0.2) is 13.1 Å². The molecule has 0 heterocycles. The fourth-order valence-corrected chi connectivity index (χ4v) is 11.5. The molecule has 4 saturated carbocycles. The second-order valence-electron chi connectivity index (χ2n) is 13.9. The lowest BCUT2D eigenvalue weighted by molar-refractivity contribution is -0.139. The van der Waals surface area contributed by atoms with E-state index in [1.54, 1.807) is 18.2 Å². The Labute approximate surface area is 230 Å². The van der Waals surface area contributed by atoms with Crippen molar-refractivity contribution in [2.75, 3.05) is 0 Å². The normalized spacial score (nSPS) is 41.4. The number of amides is 1. The van der Waals surface area contributed by atoms with Gasteiger partial charge >= 0.3 is 0 Å². The van der Waals surface area contributed by atoms with Gasteiger partial charge in [-0.1, -0.05) is 65.2 Å². The van der Waals surface area contributed by atoms with E-state index in [-0.39, 0.29) is 34.7 Å². The van der Waals surface area contributed by atoms with E-state index in [9.17, 15) is 18.3 Å². The maximum Gasteiger partial charge on any atom is 0.264 e. The molecular formula is C32H49NO4S. The molecule has 0 radical (unpaired) electrons. The molecule has 5 rings (SSSR count). The molecule has 5 nitrogen and oxygen atoms in total. The lowest BCUT2D eigenvalue weighted by Crippen LogP contribution is -2.55. The predicted octanol–water partition coefficient (Wildman–Crippen LogP) is 6.56. The molecule has 0 spiro atoms. The molecule has 1 aromatic rings. The van der Waals surface area contributed by atoms with E-state index >= 15 is 0 Å². The number of aliphatic hydroxyl groups is 1. The van der Waals surface area contributed by atoms with Gasteiger partial charge < -0.3 is 5.11 Å². The van der Waals surface area contributed by atoms with Crippen LogP contribution in [0.4, 0.5) is 0 Å². The summed E-state index contributed by atoms with van der Waals surface area (Å²) < 4.78 is 27.4. The van der Waals surface area contributed by atoms with Crippen LogP contribution in [0.15, 0.2) is 35.2 Å². The Bertz CT molecular complexity index is 1110. The topological polar surface area (TPSA) is 83.5 Å². The van der Waals surface area contributed by atoms with E-state index in [2.05, 4.69) is 32.4 Å². The summed E-state index contributed by atoms with van der Waals surface area (Å²) in [5, 5.41) is 11.5. The van der Waals surface area contributed by atoms with E-state index in [4.69, 9.17) is 0 Å². The van der Waals surface area contributed by atoms with Crippen LogP contribution in [0, 0.1) is 52.3 Å². The zero-order valence-electron chi connectivity index (χ0n) is 23.9. The summed E-state index contributed by atoms with van der Waals surface area (Å²) in [5.74, 6) is 3.56. The van der Waals surface area contributed by atoms with Crippen molar-refractivity contribution in [3.05, 3.63) is 30.3 Å². The summed E-state index contributed by atoms with van der Waals surface area (Å²) >= 11 is 0. The Morgan fingerprint density at radius 2 is 1.76 bits per heavy atom. The van der Waals surface area contributed by atoms with Gasteiger partial charge in [0.25, 0.3) is 10.0 Å². The monoisotopic (exact) mass is 543 g/mol. The van der Waals surface area contributed by atoms with Gasteiger partial charge in [-0.3, -0.25) is 4.79 Å². The van der Waals surface area contributed by atoms with Crippen molar-refractivity contribution in [1.29, 1.82) is 0 Å². The Morgan fingerprint density at radius 3 is 2.47 bits per heavy atom. The summed E-state index contributed by atoms with van der Waals surface area (Å²) in [5.41, 5.74) is 0.545. The first-order valence-electron chi connectivity index (χ1n) is 15.3. The Morgan fingerprint density at radius 1 is 1.03 bits per heavy atom. The third-order valence-corrected chi connectivity index (χ3v) is 13.5. The number of benzene rings is 1. The van der Waals surface area contributed by atoms with Gasteiger partial charge in [-0.2, -0.15) is 0 Å². The Kier molecular flexibility index (Phi) is 7.80. The molecule has 0 saturated heterocycles. The van der Waals surface area contributed by atoms with Crippen LogP contribution in [-0.2, 0) is 14.8 Å². The van der Waals surface area contributed by atoms with E-state index in [0.717, 1.165) is 24.2 Å². The first-order valence-corrected chi connectivity index (χ1v) is 16.8. The van der Waals surface area contributed by atoms with Crippen molar-refractivity contribution in [3.8, 4) is 0 Å². The van der Waals surface area contributed by atoms with E-state index in [1.807, 2.05) is 0 Å². The zero-order valence-corrected chi connectivity index (χ0v) is 24.7. The minimum absolute atomic E-state index is 0.0861. The minimum atomic E-state index is -3.85. The maximum absolute atomic E-state index is 12.7. The van der Waals surface area contributed by atoms with Crippen LogP contribution in [0.25, 0.3) is 0 Å². The molecule has 0 aliphatic heterocycles. The van der Waals surface area contributed by atoms with Crippen molar-refractivity contribution < 1.29 is 18.3 Å². The molecule has 4 fully saturated rings. The highest BCUT2D eigenvalue weighted by Crippen LogP contribution is 2.69. The van der Waals surface area contributed by atoms with Crippen LogP contribution >= 0.6 is 0 Å². The van der Waals surface area contributed by atoms with Gasteiger partial charge in [0, 0.05) is 6.42 Å². The quantitative estimate of drug-likeness (QED) is 0.408. The highest BCUT2D eigenvalue weighted by molar-refractivity contribution is 7.90. The summed E-state index contributed by atoms with van der Waals surface area (Å²) in [6.07, 6.45) is 11.9. The Balaban J connectivity index is 1.27. The molecular weight excluding hydrogens is 494 g/mol. The predicted molar refractivity (Wildman–Crippen MR) is 151 cm³/mol. The van der Waals surface area contributed by atoms with Crippen LogP contribution in [0.3, 0.4) is 0 Å². The summed E-state index contributed by atoms with van der Waals surface area (Å²) in [4.78, 5) is 12.8. The summed E-state index contributed by atoms with van der Waals surface area (Å²) in [6, 6.07) is 8.04. The van der Waals surface area contributed by atoms with Crippen LogP contribution in [0.2, 0.25) is 0 Å². The average molecular weight is 544 g/mol. The largest absolute Gasteiger partial charge is 0.393 e. The molecule has 212 valence electrons. The van der Waals surface area contributed by atoms with Crippen LogP contribution in [-0.4, -0.2) is 25.5 Å². The van der Waals surface area contributed by atoms with Crippen molar-refractivity contribution in [3.63, 3.8) is 0 Å². The third kappa shape index (κ3) is 4.76. The highest BCUT2D eigenvalue weighted by atomic mass is 32.2. The van der Waals surface area contributed by atoms with Crippen molar-refractivity contribution >= 4 is 15.9 Å². The molecule has 10 atom stereocenters. The molecule has 6 heteroatoms. The standard InChI is InChI=1S/C32H49NO4S/c1-5-22-19-24-26(31(3)17-10-9-13-25(22)31)16-18-32(4)27(24)20-28(34)30(32)21(2)14-15-29(35)33-38(36,37)23-11-7-6-8-12-23/h6-8,11-12,21-22,24-28,30,34H,5,9-10,13-20H2,1-4H3,(H,33,35)/t21-,22+,24?,25+,26?,27?,28+,30+,31+,32+/m1/s1. The third-order valence-electron chi connectivity index (χ3n) is 12.1. The Hall–Kier alpha value is -1.40. The molecule has 3 unspecified atom stereocenters. The van der Waals surface area contributed by atoms with Crippen LogP contribution in [0.5, 0.6) is 0 Å². The second-order valence-corrected chi connectivity index (χ2v) is 15.6. The lowest BCUT2D eigenvalue weighted by atomic mass is 9.42. The van der Waals surface area contributed by atoms with Gasteiger partial charge in [-0.05, 0) is 109 Å². The SMILES string of the molecule is CC[C@H]1CC2C3C[C@H](O)[C@H]([C@H](C)CCC(=O)NS(=O)(=O)c4ccccc4)[C@@]3(C)CCC2[C@@]2(C)CCCC[C@@H]12. The van der Waals surface area contributed by atoms with Crippen molar-refractivity contribution in [2.24, 2.45) is 52.3 Å². The molecule has 38 heavy (non-hydrogen) atoms. The number of hydrogen-bond donors (Lipinski definition) is 2. The molecule has 4 aliphatic carbocycles. The van der Waals surface area contributed by atoms with E-state index < -0.39 is 15.9 Å². The number of aliphatic hydroxyl groups excluding tert-OH is 1. The zero-order chi connectivity index (χ0) is 27.3. The molecule has 4 aliphatic rings. The first-order chi connectivity index (χ1) is 18.0. The van der Waals surface area contributed by atoms with Gasteiger partial charge in [0.2, 0.25) is 5.91 Å².